The van der Waals surface area contributed by atoms with E-state index in [0.29, 0.717) is 6.04 Å². The van der Waals surface area contributed by atoms with Crippen molar-refractivity contribution in [3.63, 3.8) is 0 Å². The fraction of sp³-hybridized carbons (Fsp3) is 0.333. The molecule has 1 aliphatic rings. The van der Waals surface area contributed by atoms with Gasteiger partial charge in [-0.2, -0.15) is 0 Å². The lowest BCUT2D eigenvalue weighted by Crippen LogP contribution is -2.41. The molecule has 1 amide bonds. The number of aromatic nitrogens is 2. The van der Waals surface area contributed by atoms with Crippen molar-refractivity contribution >= 4 is 29.3 Å². The van der Waals surface area contributed by atoms with Crippen LogP contribution in [0.3, 0.4) is 0 Å². The van der Waals surface area contributed by atoms with Crippen molar-refractivity contribution in [2.75, 3.05) is 19.6 Å². The van der Waals surface area contributed by atoms with Gasteiger partial charge in [0, 0.05) is 30.4 Å². The summed E-state index contributed by atoms with van der Waals surface area (Å²) in [4.78, 5) is 19.5. The first kappa shape index (κ1) is 19.4. The number of para-hydroxylation sites is 2. The normalized spacial score (nSPS) is 16.3. The van der Waals surface area contributed by atoms with Crippen LogP contribution in [0.25, 0.3) is 16.7 Å². The van der Waals surface area contributed by atoms with E-state index in [4.69, 9.17) is 0 Å². The van der Waals surface area contributed by atoms with Gasteiger partial charge in [-0.1, -0.05) is 12.1 Å². The fourth-order valence-corrected chi connectivity index (χ4v) is 3.86. The Balaban J connectivity index is 0.00000210. The van der Waals surface area contributed by atoms with Crippen LogP contribution in [0.4, 0.5) is 0 Å². The van der Waals surface area contributed by atoms with E-state index in [1.807, 2.05) is 61.2 Å². The summed E-state index contributed by atoms with van der Waals surface area (Å²) in [5.74, 6) is 1.05. The minimum atomic E-state index is 0. The highest BCUT2D eigenvalue weighted by molar-refractivity contribution is 5.94. The van der Waals surface area contributed by atoms with Crippen LogP contribution < -0.4 is 5.32 Å². The quantitative estimate of drug-likeness (QED) is 0.748. The molecule has 0 radical (unpaired) electrons. The van der Waals surface area contributed by atoms with Gasteiger partial charge in [0.25, 0.3) is 5.91 Å². The molecule has 2 heterocycles. The van der Waals surface area contributed by atoms with Crippen molar-refractivity contribution in [1.29, 1.82) is 0 Å². The zero-order chi connectivity index (χ0) is 18.1. The molecular formula is C21H25ClN4O. The highest BCUT2D eigenvalue weighted by atomic mass is 35.5. The Morgan fingerprint density at radius 1 is 1.22 bits per heavy atom. The number of benzene rings is 2. The lowest BCUT2D eigenvalue weighted by Gasteiger charge is -2.27. The molecule has 1 N–H and O–H groups in total. The molecule has 1 saturated heterocycles. The Bertz CT molecular complexity index is 929. The number of hydrogen-bond donors (Lipinski definition) is 1. The predicted molar refractivity (Wildman–Crippen MR) is 111 cm³/mol. The van der Waals surface area contributed by atoms with E-state index < -0.39 is 0 Å². The molecule has 1 atom stereocenters. The van der Waals surface area contributed by atoms with Crippen LogP contribution in [0.2, 0.25) is 0 Å². The first-order valence-electron chi connectivity index (χ1n) is 9.25. The molecule has 27 heavy (non-hydrogen) atoms. The summed E-state index contributed by atoms with van der Waals surface area (Å²) < 4.78 is 2.13. The number of hydrogen-bond acceptors (Lipinski definition) is 3. The summed E-state index contributed by atoms with van der Waals surface area (Å²) in [5, 5.41) is 3.34. The summed E-state index contributed by atoms with van der Waals surface area (Å²) in [6, 6.07) is 16.3. The Labute approximate surface area is 165 Å². The van der Waals surface area contributed by atoms with E-state index >= 15 is 0 Å². The summed E-state index contributed by atoms with van der Waals surface area (Å²) in [6.07, 6.45) is 1.03. The van der Waals surface area contributed by atoms with Gasteiger partial charge >= 0.3 is 0 Å². The average molecular weight is 385 g/mol. The largest absolute Gasteiger partial charge is 0.335 e. The van der Waals surface area contributed by atoms with Crippen LogP contribution in [0.1, 0.15) is 29.5 Å². The molecule has 5 nitrogen and oxygen atoms in total. The number of nitrogens with zero attached hydrogens (tertiary/aromatic N) is 3. The van der Waals surface area contributed by atoms with Crippen molar-refractivity contribution in [1.82, 2.24) is 19.8 Å². The molecule has 1 fully saturated rings. The number of imidazole rings is 1. The molecule has 0 saturated carbocycles. The Hall–Kier alpha value is -2.37. The monoisotopic (exact) mass is 384 g/mol. The van der Waals surface area contributed by atoms with Crippen LogP contribution in [0, 0.1) is 6.92 Å². The van der Waals surface area contributed by atoms with Gasteiger partial charge in [-0.25, -0.2) is 4.98 Å². The number of rotatable bonds is 4. The first-order chi connectivity index (χ1) is 12.7. The Morgan fingerprint density at radius 2 is 1.96 bits per heavy atom. The lowest BCUT2D eigenvalue weighted by atomic mass is 10.1. The zero-order valence-electron chi connectivity index (χ0n) is 15.7. The number of carbonyl (C=O) groups excluding carboxylic acids is 1. The third-order valence-electron chi connectivity index (χ3n) is 5.18. The number of likely N-dealkylation sites (N-methyl/N-ethyl adjacent to an activating group) is 1. The molecule has 0 bridgehead atoms. The second kappa shape index (κ2) is 8.11. The lowest BCUT2D eigenvalue weighted by molar-refractivity contribution is 0.0704. The van der Waals surface area contributed by atoms with Crippen LogP contribution >= 0.6 is 12.4 Å². The molecule has 0 spiro atoms. The maximum absolute atomic E-state index is 12.9. The Morgan fingerprint density at radius 3 is 2.63 bits per heavy atom. The van der Waals surface area contributed by atoms with E-state index in [2.05, 4.69) is 20.9 Å². The highest BCUT2D eigenvalue weighted by Crippen LogP contribution is 2.22. The summed E-state index contributed by atoms with van der Waals surface area (Å²) in [7, 11) is 0. The molecule has 0 aliphatic carbocycles. The van der Waals surface area contributed by atoms with Gasteiger partial charge in [0.1, 0.15) is 5.82 Å². The third kappa shape index (κ3) is 3.57. The molecule has 142 valence electrons. The van der Waals surface area contributed by atoms with E-state index in [0.717, 1.165) is 54.2 Å². The minimum Gasteiger partial charge on any atom is -0.335 e. The number of nitrogens with one attached hydrogen (secondary N) is 1. The smallest absolute Gasteiger partial charge is 0.254 e. The summed E-state index contributed by atoms with van der Waals surface area (Å²) >= 11 is 0. The van der Waals surface area contributed by atoms with Gasteiger partial charge in [0.15, 0.2) is 0 Å². The topological polar surface area (TPSA) is 50.2 Å². The molecule has 3 aromatic rings. The van der Waals surface area contributed by atoms with Crippen LogP contribution in [-0.4, -0.2) is 46.0 Å². The molecule has 1 aromatic heterocycles. The maximum atomic E-state index is 12.9. The van der Waals surface area contributed by atoms with Crippen molar-refractivity contribution in [2.45, 2.75) is 26.3 Å². The second-order valence-corrected chi connectivity index (χ2v) is 6.77. The molecule has 6 heteroatoms. The third-order valence-corrected chi connectivity index (χ3v) is 5.18. The van der Waals surface area contributed by atoms with Crippen molar-refractivity contribution < 1.29 is 4.79 Å². The van der Waals surface area contributed by atoms with E-state index in [9.17, 15) is 4.79 Å². The van der Waals surface area contributed by atoms with Crippen LogP contribution in [0.5, 0.6) is 0 Å². The predicted octanol–water partition coefficient (Wildman–Crippen LogP) is 3.58. The molecule has 0 unspecified atom stereocenters. The summed E-state index contributed by atoms with van der Waals surface area (Å²) in [5.41, 5.74) is 3.83. The maximum Gasteiger partial charge on any atom is 0.254 e. The average Bonchev–Trinajstić information content (AvgIpc) is 3.29. The van der Waals surface area contributed by atoms with E-state index in [1.165, 1.54) is 0 Å². The zero-order valence-corrected chi connectivity index (χ0v) is 16.5. The SMILES string of the molecule is CCN(C(=O)c1ccc(-n2c(C)nc3ccccc32)cc1)[C@@H]1CCNC1.Cl. The van der Waals surface area contributed by atoms with Gasteiger partial charge in [0.05, 0.1) is 11.0 Å². The molecule has 4 rings (SSSR count). The number of fused-ring (bicyclic) bond motifs is 1. The van der Waals surface area contributed by atoms with E-state index in [1.54, 1.807) is 0 Å². The first-order valence-corrected chi connectivity index (χ1v) is 9.25. The number of amides is 1. The van der Waals surface area contributed by atoms with Crippen molar-refractivity contribution in [2.24, 2.45) is 0 Å². The van der Waals surface area contributed by atoms with Crippen LogP contribution in [0.15, 0.2) is 48.5 Å². The molecule has 2 aromatic carbocycles. The fourth-order valence-electron chi connectivity index (χ4n) is 3.86. The van der Waals surface area contributed by atoms with Gasteiger partial charge in [-0.05, 0) is 63.2 Å². The molecule has 1 aliphatic heterocycles. The van der Waals surface area contributed by atoms with E-state index in [-0.39, 0.29) is 18.3 Å². The van der Waals surface area contributed by atoms with Gasteiger partial charge < -0.3 is 10.2 Å². The second-order valence-electron chi connectivity index (χ2n) is 6.77. The van der Waals surface area contributed by atoms with Gasteiger partial charge in [0.2, 0.25) is 0 Å². The number of halogens is 1. The minimum absolute atomic E-state index is 0. The summed E-state index contributed by atoms with van der Waals surface area (Å²) in [6.45, 7) is 6.66. The van der Waals surface area contributed by atoms with Gasteiger partial charge in [-0.15, -0.1) is 12.4 Å². The standard InChI is InChI=1S/C21H24N4O.ClH/c1-3-24(18-12-13-22-14-18)21(26)16-8-10-17(11-9-16)25-15(2)23-19-6-4-5-7-20(19)25;/h4-11,18,22H,3,12-14H2,1-2H3;1H/t18-;/m1./s1. The van der Waals surface area contributed by atoms with Crippen LogP contribution in [-0.2, 0) is 0 Å². The van der Waals surface area contributed by atoms with Crippen molar-refractivity contribution in [3.05, 3.63) is 59.9 Å². The molecular weight excluding hydrogens is 360 g/mol. The van der Waals surface area contributed by atoms with Gasteiger partial charge in [-0.3, -0.25) is 9.36 Å². The van der Waals surface area contributed by atoms with Crippen molar-refractivity contribution in [3.8, 4) is 5.69 Å². The Kier molecular flexibility index (Phi) is 5.82. The number of carbonyl (C=O) groups is 1. The highest BCUT2D eigenvalue weighted by Gasteiger charge is 2.26. The number of aryl methyl sites for hydroxylation is 1.